The van der Waals surface area contributed by atoms with Gasteiger partial charge < -0.3 is 10.1 Å². The monoisotopic (exact) mass is 356 g/mol. The Morgan fingerprint density at radius 1 is 1.21 bits per heavy atom. The van der Waals surface area contributed by atoms with Crippen molar-refractivity contribution in [3.63, 3.8) is 0 Å². The van der Waals surface area contributed by atoms with Gasteiger partial charge in [-0.15, -0.1) is 11.3 Å². The van der Waals surface area contributed by atoms with Crippen LogP contribution in [-0.4, -0.2) is 17.5 Å². The summed E-state index contributed by atoms with van der Waals surface area (Å²) in [7, 11) is 0. The number of halogens is 1. The van der Waals surface area contributed by atoms with Crippen LogP contribution in [-0.2, 0) is 6.42 Å². The van der Waals surface area contributed by atoms with Crippen LogP contribution >= 0.6 is 22.9 Å². The van der Waals surface area contributed by atoms with Gasteiger partial charge in [0.15, 0.2) is 0 Å². The Hall–Kier alpha value is -2.37. The molecule has 0 fully saturated rings. The maximum atomic E-state index is 12.3. The summed E-state index contributed by atoms with van der Waals surface area (Å²) in [6.07, 6.45) is 0.915. The molecule has 0 unspecified atom stereocenters. The van der Waals surface area contributed by atoms with Gasteiger partial charge in [-0.25, -0.2) is 4.98 Å². The molecule has 2 aromatic carbocycles. The van der Waals surface area contributed by atoms with Crippen molar-refractivity contribution in [2.24, 2.45) is 0 Å². The highest BCUT2D eigenvalue weighted by molar-refractivity contribution is 7.13. The van der Waals surface area contributed by atoms with Crippen molar-refractivity contribution in [1.29, 1.82) is 0 Å². The van der Waals surface area contributed by atoms with Crippen molar-refractivity contribution in [3.8, 4) is 16.3 Å². The fourth-order valence-electron chi connectivity index (χ4n) is 2.56. The van der Waals surface area contributed by atoms with Crippen molar-refractivity contribution in [1.82, 2.24) is 4.98 Å². The molecule has 0 atom stereocenters. The smallest absolute Gasteiger partial charge is 0.275 e. The normalized spacial score (nSPS) is 12.5. The fraction of sp³-hybridized carbons (Fsp3) is 0.111. The van der Waals surface area contributed by atoms with Crippen LogP contribution in [0.4, 0.5) is 5.69 Å². The number of anilines is 1. The first-order valence-corrected chi connectivity index (χ1v) is 8.73. The lowest BCUT2D eigenvalue weighted by molar-refractivity contribution is 0.102. The second-order valence-electron chi connectivity index (χ2n) is 5.42. The van der Waals surface area contributed by atoms with Crippen molar-refractivity contribution in [2.45, 2.75) is 6.42 Å². The molecule has 120 valence electrons. The molecule has 1 amide bonds. The highest BCUT2D eigenvalue weighted by Crippen LogP contribution is 2.32. The van der Waals surface area contributed by atoms with Gasteiger partial charge in [0.25, 0.3) is 5.91 Å². The minimum atomic E-state index is -0.232. The van der Waals surface area contributed by atoms with E-state index < -0.39 is 0 Å². The van der Waals surface area contributed by atoms with Crippen LogP contribution in [0, 0.1) is 0 Å². The van der Waals surface area contributed by atoms with E-state index in [1.807, 2.05) is 12.1 Å². The summed E-state index contributed by atoms with van der Waals surface area (Å²) in [5, 5.41) is 6.04. The topological polar surface area (TPSA) is 51.2 Å². The number of rotatable bonds is 3. The van der Waals surface area contributed by atoms with Crippen LogP contribution in [0.3, 0.4) is 0 Å². The fourth-order valence-corrected chi connectivity index (χ4v) is 3.48. The molecule has 2 heterocycles. The zero-order valence-corrected chi connectivity index (χ0v) is 14.2. The van der Waals surface area contributed by atoms with Gasteiger partial charge in [-0.1, -0.05) is 11.6 Å². The molecule has 0 spiro atoms. The lowest BCUT2D eigenvalue weighted by Gasteiger charge is -2.03. The predicted molar refractivity (Wildman–Crippen MR) is 96.2 cm³/mol. The van der Waals surface area contributed by atoms with E-state index in [2.05, 4.69) is 16.4 Å². The van der Waals surface area contributed by atoms with Crippen LogP contribution in [0.2, 0.25) is 5.02 Å². The number of benzene rings is 2. The van der Waals surface area contributed by atoms with Gasteiger partial charge in [-0.2, -0.15) is 0 Å². The maximum Gasteiger partial charge on any atom is 0.275 e. The van der Waals surface area contributed by atoms with Crippen molar-refractivity contribution in [3.05, 3.63) is 64.1 Å². The lowest BCUT2D eigenvalue weighted by atomic mass is 10.1. The van der Waals surface area contributed by atoms with E-state index >= 15 is 0 Å². The van der Waals surface area contributed by atoms with Gasteiger partial charge in [0.2, 0.25) is 0 Å². The molecule has 4 nitrogen and oxygen atoms in total. The number of ether oxygens (including phenoxy) is 1. The average Bonchev–Trinajstić information content (AvgIpc) is 3.25. The van der Waals surface area contributed by atoms with Crippen molar-refractivity contribution in [2.75, 3.05) is 11.9 Å². The molecule has 1 aliphatic rings. The quantitative estimate of drug-likeness (QED) is 0.743. The molecular weight excluding hydrogens is 344 g/mol. The van der Waals surface area contributed by atoms with Gasteiger partial charge >= 0.3 is 0 Å². The molecule has 0 bridgehead atoms. The average molecular weight is 357 g/mol. The molecule has 0 saturated heterocycles. The van der Waals surface area contributed by atoms with Crippen LogP contribution in [0.15, 0.2) is 47.8 Å². The van der Waals surface area contributed by atoms with Crippen LogP contribution in [0.25, 0.3) is 10.6 Å². The molecule has 1 N–H and O–H groups in total. The number of carbonyl (C=O) groups is 1. The number of thiazole rings is 1. The predicted octanol–water partition coefficient (Wildman–Crippen LogP) is 4.65. The van der Waals surface area contributed by atoms with Gasteiger partial charge in [0.1, 0.15) is 16.5 Å². The highest BCUT2D eigenvalue weighted by Gasteiger charge is 2.16. The van der Waals surface area contributed by atoms with Crippen LogP contribution < -0.4 is 10.1 Å². The van der Waals surface area contributed by atoms with Gasteiger partial charge in [-0.05, 0) is 48.0 Å². The Bertz CT molecular complexity index is 906. The molecule has 1 aliphatic heterocycles. The first-order valence-electron chi connectivity index (χ1n) is 7.47. The molecule has 0 aliphatic carbocycles. The Labute approximate surface area is 148 Å². The number of nitrogens with one attached hydrogen (secondary N) is 1. The number of fused-ring (bicyclic) bond motifs is 1. The Morgan fingerprint density at radius 2 is 2.04 bits per heavy atom. The van der Waals surface area contributed by atoms with Crippen molar-refractivity contribution >= 4 is 34.5 Å². The highest BCUT2D eigenvalue weighted by atomic mass is 35.5. The minimum Gasteiger partial charge on any atom is -0.493 e. The van der Waals surface area contributed by atoms with Gasteiger partial charge in [0, 0.05) is 28.1 Å². The second kappa shape index (κ2) is 6.26. The van der Waals surface area contributed by atoms with E-state index in [4.69, 9.17) is 16.3 Å². The molecule has 0 saturated carbocycles. The number of amides is 1. The lowest BCUT2D eigenvalue weighted by Crippen LogP contribution is -2.12. The molecule has 24 heavy (non-hydrogen) atoms. The summed E-state index contributed by atoms with van der Waals surface area (Å²) < 4.78 is 5.52. The van der Waals surface area contributed by atoms with Crippen LogP contribution in [0.1, 0.15) is 16.1 Å². The molecule has 0 radical (unpaired) electrons. The molecular formula is C18H13ClN2O2S. The zero-order chi connectivity index (χ0) is 16.5. The first-order chi connectivity index (χ1) is 11.7. The third-order valence-electron chi connectivity index (χ3n) is 3.78. The number of carbonyl (C=O) groups excluding carboxylic acids is 1. The van der Waals surface area contributed by atoms with E-state index in [9.17, 15) is 4.79 Å². The molecule has 3 aromatic rings. The summed E-state index contributed by atoms with van der Waals surface area (Å²) in [6.45, 7) is 0.728. The summed E-state index contributed by atoms with van der Waals surface area (Å²) in [5.41, 5.74) is 3.29. The maximum absolute atomic E-state index is 12.3. The summed E-state index contributed by atoms with van der Waals surface area (Å²) in [6, 6.07) is 13.0. The van der Waals surface area contributed by atoms with Gasteiger partial charge in [-0.3, -0.25) is 4.79 Å². The van der Waals surface area contributed by atoms with E-state index in [0.29, 0.717) is 16.4 Å². The van der Waals surface area contributed by atoms with Crippen molar-refractivity contribution < 1.29 is 9.53 Å². The Balaban J connectivity index is 1.54. The van der Waals surface area contributed by atoms with E-state index in [1.165, 1.54) is 16.9 Å². The molecule has 6 heteroatoms. The second-order valence-corrected chi connectivity index (χ2v) is 6.71. The van der Waals surface area contributed by atoms with E-state index in [-0.39, 0.29) is 5.91 Å². The largest absolute Gasteiger partial charge is 0.493 e. The first kappa shape index (κ1) is 15.2. The molecule has 4 rings (SSSR count). The van der Waals surface area contributed by atoms with E-state index in [0.717, 1.165) is 29.3 Å². The molecule has 1 aromatic heterocycles. The number of nitrogens with zero attached hydrogens (tertiary/aromatic N) is 1. The summed E-state index contributed by atoms with van der Waals surface area (Å²) in [4.78, 5) is 16.8. The summed E-state index contributed by atoms with van der Waals surface area (Å²) >= 11 is 7.30. The number of hydrogen-bond donors (Lipinski definition) is 1. The van der Waals surface area contributed by atoms with Gasteiger partial charge in [0.05, 0.1) is 6.61 Å². The standard InChI is InChI=1S/C18H13ClN2O2S/c19-13-2-4-14(5-3-13)20-17(22)15-10-24-18(21-15)12-1-6-16-11(9-12)7-8-23-16/h1-6,9-10H,7-8H2,(H,20,22). The zero-order valence-electron chi connectivity index (χ0n) is 12.6. The Morgan fingerprint density at radius 3 is 2.88 bits per heavy atom. The van der Waals surface area contributed by atoms with E-state index in [1.54, 1.807) is 29.6 Å². The third kappa shape index (κ3) is 3.00. The number of aromatic nitrogens is 1. The minimum absolute atomic E-state index is 0.232. The van der Waals surface area contributed by atoms with Crippen LogP contribution in [0.5, 0.6) is 5.75 Å². The summed E-state index contributed by atoms with van der Waals surface area (Å²) in [5.74, 6) is 0.709. The Kier molecular flexibility index (Phi) is 3.96. The number of hydrogen-bond acceptors (Lipinski definition) is 4. The SMILES string of the molecule is O=C(Nc1ccc(Cl)cc1)c1csc(-c2ccc3c(c2)CCO3)n1. The third-order valence-corrected chi connectivity index (χ3v) is 4.92.